The van der Waals surface area contributed by atoms with Crippen LogP contribution in [0.3, 0.4) is 0 Å². The van der Waals surface area contributed by atoms with E-state index in [0.717, 1.165) is 35.3 Å². The predicted molar refractivity (Wildman–Crippen MR) is 112 cm³/mol. The molecule has 1 aromatic carbocycles. The molecule has 5 rings (SSSR count). The van der Waals surface area contributed by atoms with Crippen LogP contribution in [0.5, 0.6) is 5.75 Å². The van der Waals surface area contributed by atoms with Gasteiger partial charge in [-0.3, -0.25) is 4.79 Å². The standard InChI is InChI=1S/C21H19N5O2S/c22-21-24-19-7-4-14(11-26(19)25-21)15-9-18(29-12-15)20(27)23-10-13-2-1-3-17(8-13)28-16-5-6-16/h1-4,7-9,11-12,16H,5-6,10H2,(H2,22,25)(H,23,27). The van der Waals surface area contributed by atoms with Crippen LogP contribution in [-0.4, -0.2) is 26.6 Å². The third-order valence-electron chi connectivity index (χ3n) is 4.68. The Morgan fingerprint density at radius 2 is 2.14 bits per heavy atom. The molecule has 0 radical (unpaired) electrons. The van der Waals surface area contributed by atoms with Crippen LogP contribution in [0.25, 0.3) is 16.8 Å². The molecule has 7 nitrogen and oxygen atoms in total. The minimum Gasteiger partial charge on any atom is -0.490 e. The number of carbonyl (C=O) groups is 1. The highest BCUT2D eigenvalue weighted by molar-refractivity contribution is 7.12. The van der Waals surface area contributed by atoms with Crippen molar-refractivity contribution in [2.24, 2.45) is 0 Å². The maximum Gasteiger partial charge on any atom is 0.261 e. The second kappa shape index (κ2) is 7.21. The van der Waals surface area contributed by atoms with Gasteiger partial charge < -0.3 is 15.8 Å². The van der Waals surface area contributed by atoms with Gasteiger partial charge in [0.05, 0.1) is 11.0 Å². The SMILES string of the molecule is Nc1nc2ccc(-c3csc(C(=O)NCc4cccc(OC5CC5)c4)c3)cn2n1. The Labute approximate surface area is 171 Å². The zero-order valence-electron chi connectivity index (χ0n) is 15.5. The first-order valence-electron chi connectivity index (χ1n) is 9.39. The lowest BCUT2D eigenvalue weighted by Crippen LogP contribution is -2.21. The highest BCUT2D eigenvalue weighted by atomic mass is 32.1. The molecule has 1 saturated carbocycles. The summed E-state index contributed by atoms with van der Waals surface area (Å²) in [5.41, 5.74) is 9.24. The number of amides is 1. The third-order valence-corrected chi connectivity index (χ3v) is 5.61. The number of pyridine rings is 1. The highest BCUT2D eigenvalue weighted by Crippen LogP contribution is 2.28. The van der Waals surface area contributed by atoms with E-state index in [1.54, 1.807) is 4.52 Å². The van der Waals surface area contributed by atoms with Gasteiger partial charge in [0.2, 0.25) is 5.95 Å². The Kier molecular flexibility index (Phi) is 4.40. The summed E-state index contributed by atoms with van der Waals surface area (Å²) in [5, 5.41) is 9.07. The number of aromatic nitrogens is 3. The van der Waals surface area contributed by atoms with Crippen LogP contribution in [0.4, 0.5) is 5.95 Å². The van der Waals surface area contributed by atoms with Crippen molar-refractivity contribution in [3.8, 4) is 16.9 Å². The summed E-state index contributed by atoms with van der Waals surface area (Å²) in [7, 11) is 0. The molecule has 4 aromatic rings. The zero-order chi connectivity index (χ0) is 19.8. The number of nitrogens with zero attached hydrogens (tertiary/aromatic N) is 3. The number of fused-ring (bicyclic) bond motifs is 1. The van der Waals surface area contributed by atoms with Crippen molar-refractivity contribution in [3.05, 3.63) is 64.5 Å². The molecule has 29 heavy (non-hydrogen) atoms. The molecule has 146 valence electrons. The number of benzene rings is 1. The van der Waals surface area contributed by atoms with Gasteiger partial charge in [-0.15, -0.1) is 16.4 Å². The van der Waals surface area contributed by atoms with E-state index in [9.17, 15) is 4.79 Å². The van der Waals surface area contributed by atoms with Crippen molar-refractivity contribution in [3.63, 3.8) is 0 Å². The number of hydrogen-bond acceptors (Lipinski definition) is 6. The minimum absolute atomic E-state index is 0.0964. The minimum atomic E-state index is -0.0964. The molecule has 3 heterocycles. The molecule has 1 aliphatic carbocycles. The quantitative estimate of drug-likeness (QED) is 0.512. The molecule has 0 unspecified atom stereocenters. The largest absolute Gasteiger partial charge is 0.490 e. The summed E-state index contributed by atoms with van der Waals surface area (Å²) in [6.45, 7) is 0.456. The molecule has 0 atom stereocenters. The van der Waals surface area contributed by atoms with Gasteiger partial charge in [0.25, 0.3) is 5.91 Å². The van der Waals surface area contributed by atoms with Crippen molar-refractivity contribution in [2.45, 2.75) is 25.5 Å². The van der Waals surface area contributed by atoms with Crippen LogP contribution in [0, 0.1) is 0 Å². The maximum atomic E-state index is 12.6. The summed E-state index contributed by atoms with van der Waals surface area (Å²) < 4.78 is 7.45. The molecule has 1 amide bonds. The Morgan fingerprint density at radius 1 is 1.24 bits per heavy atom. The van der Waals surface area contributed by atoms with E-state index in [-0.39, 0.29) is 11.9 Å². The predicted octanol–water partition coefficient (Wildman–Crippen LogP) is 3.51. The van der Waals surface area contributed by atoms with E-state index in [0.29, 0.717) is 23.2 Å². The maximum absolute atomic E-state index is 12.6. The Morgan fingerprint density at radius 3 is 3.00 bits per heavy atom. The van der Waals surface area contributed by atoms with Crippen molar-refractivity contribution in [1.29, 1.82) is 0 Å². The van der Waals surface area contributed by atoms with Crippen LogP contribution in [0.2, 0.25) is 0 Å². The zero-order valence-corrected chi connectivity index (χ0v) is 16.4. The number of nitrogens with one attached hydrogen (secondary N) is 1. The first kappa shape index (κ1) is 17.7. The molecule has 0 saturated heterocycles. The number of hydrogen-bond donors (Lipinski definition) is 2. The Hall–Kier alpha value is -3.39. The Bertz CT molecular complexity index is 1190. The van der Waals surface area contributed by atoms with Gasteiger partial charge in [-0.2, -0.15) is 4.98 Å². The summed E-state index contributed by atoms with van der Waals surface area (Å²) in [6, 6.07) is 13.6. The molecule has 3 N–H and O–H groups in total. The van der Waals surface area contributed by atoms with Crippen LogP contribution in [-0.2, 0) is 6.54 Å². The Balaban J connectivity index is 1.26. The van der Waals surface area contributed by atoms with Gasteiger partial charge in [0.15, 0.2) is 5.65 Å². The lowest BCUT2D eigenvalue weighted by molar-refractivity contribution is 0.0955. The summed E-state index contributed by atoms with van der Waals surface area (Å²) in [4.78, 5) is 17.4. The average molecular weight is 405 g/mol. The molecule has 1 aliphatic rings. The van der Waals surface area contributed by atoms with E-state index >= 15 is 0 Å². The summed E-state index contributed by atoms with van der Waals surface area (Å²) in [5.74, 6) is 1.00. The summed E-state index contributed by atoms with van der Waals surface area (Å²) >= 11 is 1.41. The molecular formula is C21H19N5O2S. The van der Waals surface area contributed by atoms with Crippen molar-refractivity contribution in [2.75, 3.05) is 5.73 Å². The van der Waals surface area contributed by atoms with E-state index in [1.807, 2.05) is 54.0 Å². The highest BCUT2D eigenvalue weighted by Gasteiger charge is 2.23. The lowest BCUT2D eigenvalue weighted by Gasteiger charge is -2.08. The fourth-order valence-corrected chi connectivity index (χ4v) is 3.89. The van der Waals surface area contributed by atoms with Crippen molar-refractivity contribution in [1.82, 2.24) is 19.9 Å². The van der Waals surface area contributed by atoms with E-state index < -0.39 is 0 Å². The van der Waals surface area contributed by atoms with Crippen molar-refractivity contribution >= 4 is 28.8 Å². The smallest absolute Gasteiger partial charge is 0.261 e. The van der Waals surface area contributed by atoms with Crippen molar-refractivity contribution < 1.29 is 9.53 Å². The number of ether oxygens (including phenoxy) is 1. The monoisotopic (exact) mass is 405 g/mol. The van der Waals surface area contributed by atoms with Crippen LogP contribution in [0.15, 0.2) is 54.0 Å². The van der Waals surface area contributed by atoms with Gasteiger partial charge in [-0.25, -0.2) is 4.52 Å². The molecule has 0 spiro atoms. The van der Waals surface area contributed by atoms with E-state index in [1.165, 1.54) is 11.3 Å². The number of anilines is 1. The van der Waals surface area contributed by atoms with Gasteiger partial charge >= 0.3 is 0 Å². The van der Waals surface area contributed by atoms with E-state index in [2.05, 4.69) is 15.4 Å². The normalized spacial score (nSPS) is 13.5. The first-order chi connectivity index (χ1) is 14.1. The molecule has 0 bridgehead atoms. The van der Waals surface area contributed by atoms with E-state index in [4.69, 9.17) is 10.5 Å². The first-order valence-corrected chi connectivity index (χ1v) is 10.3. The third kappa shape index (κ3) is 3.93. The second-order valence-electron chi connectivity index (χ2n) is 7.04. The number of thiophene rings is 1. The van der Waals surface area contributed by atoms with Gasteiger partial charge in [-0.05, 0) is 59.7 Å². The van der Waals surface area contributed by atoms with Gasteiger partial charge in [-0.1, -0.05) is 12.1 Å². The molecular weight excluding hydrogens is 386 g/mol. The number of nitrogens with two attached hydrogens (primary N) is 1. The van der Waals surface area contributed by atoms with Gasteiger partial charge in [0, 0.05) is 18.3 Å². The number of nitrogen functional groups attached to an aromatic ring is 1. The van der Waals surface area contributed by atoms with Crippen LogP contribution < -0.4 is 15.8 Å². The van der Waals surface area contributed by atoms with Crippen LogP contribution >= 0.6 is 11.3 Å². The van der Waals surface area contributed by atoms with Gasteiger partial charge in [0.1, 0.15) is 5.75 Å². The van der Waals surface area contributed by atoms with Crippen LogP contribution in [0.1, 0.15) is 28.1 Å². The lowest BCUT2D eigenvalue weighted by atomic mass is 10.1. The average Bonchev–Trinajstić information content (AvgIpc) is 3.25. The molecule has 0 aliphatic heterocycles. The second-order valence-corrected chi connectivity index (χ2v) is 7.95. The number of carbonyl (C=O) groups excluding carboxylic acids is 1. The number of rotatable bonds is 6. The fraction of sp³-hybridized carbons (Fsp3) is 0.190. The molecule has 1 fully saturated rings. The topological polar surface area (TPSA) is 94.5 Å². The fourth-order valence-electron chi connectivity index (χ4n) is 3.05. The molecule has 3 aromatic heterocycles. The summed E-state index contributed by atoms with van der Waals surface area (Å²) in [6.07, 6.45) is 4.46. The molecule has 8 heteroatoms.